The van der Waals surface area contributed by atoms with E-state index in [2.05, 4.69) is 0 Å². The normalized spacial score (nSPS) is 16.3. The molecule has 2 rings (SSSR count). The third-order valence-corrected chi connectivity index (χ3v) is 2.83. The lowest BCUT2D eigenvalue weighted by atomic mass is 10.1. The van der Waals surface area contributed by atoms with Crippen molar-refractivity contribution in [1.29, 1.82) is 0 Å². The van der Waals surface area contributed by atoms with Crippen molar-refractivity contribution in [3.8, 4) is 0 Å². The van der Waals surface area contributed by atoms with Crippen LogP contribution in [-0.2, 0) is 4.79 Å². The molecule has 1 amide bonds. The first-order chi connectivity index (χ1) is 8.04. The van der Waals surface area contributed by atoms with Gasteiger partial charge in [-0.2, -0.15) is 0 Å². The largest absolute Gasteiger partial charge is 0.330 e. The van der Waals surface area contributed by atoms with Crippen molar-refractivity contribution in [3.63, 3.8) is 0 Å². The van der Waals surface area contributed by atoms with E-state index in [-0.39, 0.29) is 11.5 Å². The number of carbonyl (C=O) groups is 2. The summed E-state index contributed by atoms with van der Waals surface area (Å²) in [5.74, 6) is -1.68. The van der Waals surface area contributed by atoms with Crippen LogP contribution in [0.5, 0.6) is 0 Å². The molecule has 0 aliphatic carbocycles. The SMILES string of the molecule is CC(CN)CN1C(=O)C(=O)c2cc(F)ccc21. The summed E-state index contributed by atoms with van der Waals surface area (Å²) < 4.78 is 13.0. The Morgan fingerprint density at radius 2 is 2.12 bits per heavy atom. The fraction of sp³-hybridized carbons (Fsp3) is 0.333. The zero-order chi connectivity index (χ0) is 12.6. The predicted molar refractivity (Wildman–Crippen MR) is 61.3 cm³/mol. The summed E-state index contributed by atoms with van der Waals surface area (Å²) in [6.45, 7) is 2.69. The number of carbonyl (C=O) groups excluding carboxylic acids is 2. The first kappa shape index (κ1) is 11.7. The fourth-order valence-electron chi connectivity index (χ4n) is 1.84. The Hall–Kier alpha value is -1.75. The fourth-order valence-corrected chi connectivity index (χ4v) is 1.84. The number of hydrogen-bond donors (Lipinski definition) is 1. The van der Waals surface area contributed by atoms with Crippen molar-refractivity contribution in [2.75, 3.05) is 18.0 Å². The lowest BCUT2D eigenvalue weighted by molar-refractivity contribution is -0.114. The van der Waals surface area contributed by atoms with Crippen LogP contribution in [-0.4, -0.2) is 24.8 Å². The Morgan fingerprint density at radius 3 is 2.76 bits per heavy atom. The van der Waals surface area contributed by atoms with E-state index in [1.165, 1.54) is 17.0 Å². The van der Waals surface area contributed by atoms with Crippen LogP contribution in [0.2, 0.25) is 0 Å². The summed E-state index contributed by atoms with van der Waals surface area (Å²) in [4.78, 5) is 24.7. The van der Waals surface area contributed by atoms with Gasteiger partial charge >= 0.3 is 0 Å². The minimum atomic E-state index is -0.649. The number of nitrogens with zero attached hydrogens (tertiary/aromatic N) is 1. The Morgan fingerprint density at radius 1 is 1.41 bits per heavy atom. The van der Waals surface area contributed by atoms with Crippen LogP contribution in [0.1, 0.15) is 17.3 Å². The van der Waals surface area contributed by atoms with Gasteiger partial charge in [0.25, 0.3) is 11.7 Å². The van der Waals surface area contributed by atoms with E-state index in [9.17, 15) is 14.0 Å². The molecule has 2 N–H and O–H groups in total. The molecule has 0 fully saturated rings. The molecule has 17 heavy (non-hydrogen) atoms. The van der Waals surface area contributed by atoms with Gasteiger partial charge in [-0.1, -0.05) is 6.92 Å². The summed E-state index contributed by atoms with van der Waals surface area (Å²) in [6, 6.07) is 3.80. The Bertz CT molecular complexity index is 487. The van der Waals surface area contributed by atoms with Crippen molar-refractivity contribution in [2.45, 2.75) is 6.92 Å². The summed E-state index contributed by atoms with van der Waals surface area (Å²) in [5, 5.41) is 0. The van der Waals surface area contributed by atoms with E-state index < -0.39 is 17.5 Å². The van der Waals surface area contributed by atoms with E-state index in [0.29, 0.717) is 18.8 Å². The maximum Gasteiger partial charge on any atom is 0.299 e. The number of nitrogens with two attached hydrogens (primary N) is 1. The second-order valence-electron chi connectivity index (χ2n) is 4.25. The number of anilines is 1. The molecule has 1 aromatic rings. The second-order valence-corrected chi connectivity index (χ2v) is 4.25. The molecule has 1 aliphatic heterocycles. The van der Waals surface area contributed by atoms with Gasteiger partial charge < -0.3 is 10.6 Å². The lowest BCUT2D eigenvalue weighted by Gasteiger charge is -2.20. The summed E-state index contributed by atoms with van der Waals surface area (Å²) in [6.07, 6.45) is 0. The van der Waals surface area contributed by atoms with Gasteiger partial charge in [0, 0.05) is 6.54 Å². The number of hydrogen-bond acceptors (Lipinski definition) is 3. The van der Waals surface area contributed by atoms with E-state index in [4.69, 9.17) is 5.73 Å². The number of rotatable bonds is 3. The van der Waals surface area contributed by atoms with Crippen LogP contribution < -0.4 is 10.6 Å². The van der Waals surface area contributed by atoms with Crippen molar-refractivity contribution in [3.05, 3.63) is 29.6 Å². The van der Waals surface area contributed by atoms with Crippen molar-refractivity contribution in [1.82, 2.24) is 0 Å². The highest BCUT2D eigenvalue weighted by atomic mass is 19.1. The minimum absolute atomic E-state index is 0.0859. The van der Waals surface area contributed by atoms with Crippen molar-refractivity contribution in [2.24, 2.45) is 11.7 Å². The molecule has 0 bridgehead atoms. The Kier molecular flexibility index (Phi) is 2.93. The topological polar surface area (TPSA) is 63.4 Å². The average Bonchev–Trinajstić information content (AvgIpc) is 2.54. The second kappa shape index (κ2) is 4.25. The molecular formula is C12H13FN2O2. The van der Waals surface area contributed by atoms with Crippen LogP contribution in [0.4, 0.5) is 10.1 Å². The molecule has 1 heterocycles. The predicted octanol–water partition coefficient (Wildman–Crippen LogP) is 0.950. The van der Waals surface area contributed by atoms with Crippen molar-refractivity contribution >= 4 is 17.4 Å². The summed E-state index contributed by atoms with van der Waals surface area (Å²) in [7, 11) is 0. The first-order valence-electron chi connectivity index (χ1n) is 5.40. The molecule has 0 saturated heterocycles. The van der Waals surface area contributed by atoms with Crippen LogP contribution in [0.3, 0.4) is 0 Å². The highest BCUT2D eigenvalue weighted by Gasteiger charge is 2.36. The Balaban J connectivity index is 2.38. The van der Waals surface area contributed by atoms with Gasteiger partial charge in [0.2, 0.25) is 0 Å². The average molecular weight is 236 g/mol. The van der Waals surface area contributed by atoms with Gasteiger partial charge in [-0.25, -0.2) is 4.39 Å². The van der Waals surface area contributed by atoms with Gasteiger partial charge in [-0.3, -0.25) is 9.59 Å². The molecule has 90 valence electrons. The third kappa shape index (κ3) is 1.93. The van der Waals surface area contributed by atoms with E-state index in [0.717, 1.165) is 6.07 Å². The smallest absolute Gasteiger partial charge is 0.299 e. The molecule has 1 unspecified atom stereocenters. The molecule has 1 atom stereocenters. The molecule has 4 nitrogen and oxygen atoms in total. The van der Waals surface area contributed by atoms with Crippen LogP contribution in [0.15, 0.2) is 18.2 Å². The number of ketones is 1. The number of fused-ring (bicyclic) bond motifs is 1. The molecule has 1 aliphatic rings. The number of benzene rings is 1. The molecule has 1 aromatic carbocycles. The monoisotopic (exact) mass is 236 g/mol. The maximum absolute atomic E-state index is 13.0. The van der Waals surface area contributed by atoms with Crippen LogP contribution in [0, 0.1) is 11.7 Å². The zero-order valence-corrected chi connectivity index (χ0v) is 9.44. The van der Waals surface area contributed by atoms with Crippen molar-refractivity contribution < 1.29 is 14.0 Å². The minimum Gasteiger partial charge on any atom is -0.330 e. The van der Waals surface area contributed by atoms with E-state index in [1.807, 2.05) is 6.92 Å². The number of halogens is 1. The molecule has 5 heteroatoms. The number of Topliss-reactive ketones (excluding diaryl/α,β-unsaturated/α-hetero) is 1. The summed E-state index contributed by atoms with van der Waals surface area (Å²) in [5.41, 5.74) is 6.10. The zero-order valence-electron chi connectivity index (χ0n) is 9.44. The lowest BCUT2D eigenvalue weighted by Crippen LogP contribution is -2.35. The standard InChI is InChI=1S/C12H13FN2O2/c1-7(5-14)6-15-10-3-2-8(13)4-9(10)11(16)12(15)17/h2-4,7H,5-6,14H2,1H3. The number of amides is 1. The van der Waals surface area contributed by atoms with E-state index in [1.54, 1.807) is 0 Å². The van der Waals surface area contributed by atoms with Gasteiger partial charge in [0.05, 0.1) is 11.3 Å². The van der Waals surface area contributed by atoms with Crippen LogP contribution >= 0.6 is 0 Å². The van der Waals surface area contributed by atoms with Gasteiger partial charge in [-0.15, -0.1) is 0 Å². The molecule has 0 spiro atoms. The van der Waals surface area contributed by atoms with E-state index >= 15 is 0 Å². The molecule has 0 aromatic heterocycles. The summed E-state index contributed by atoms with van der Waals surface area (Å²) >= 11 is 0. The first-order valence-corrected chi connectivity index (χ1v) is 5.40. The quantitative estimate of drug-likeness (QED) is 0.795. The third-order valence-electron chi connectivity index (χ3n) is 2.83. The van der Waals surface area contributed by atoms with Gasteiger partial charge in [-0.05, 0) is 30.7 Å². The maximum atomic E-state index is 13.0. The van der Waals surface area contributed by atoms with Gasteiger partial charge in [0.15, 0.2) is 0 Å². The molecule has 0 radical (unpaired) electrons. The Labute approximate surface area is 98.2 Å². The molecule has 0 saturated carbocycles. The molecular weight excluding hydrogens is 223 g/mol. The highest BCUT2D eigenvalue weighted by molar-refractivity contribution is 6.52. The van der Waals surface area contributed by atoms with Gasteiger partial charge in [0.1, 0.15) is 5.82 Å². The highest BCUT2D eigenvalue weighted by Crippen LogP contribution is 2.29. The van der Waals surface area contributed by atoms with Crippen LogP contribution in [0.25, 0.3) is 0 Å².